The number of benzene rings is 1. The van der Waals surface area contributed by atoms with Crippen molar-refractivity contribution >= 4 is 35.1 Å². The number of hydrogen-bond donors (Lipinski definition) is 1. The first-order valence-corrected chi connectivity index (χ1v) is 10.0. The minimum absolute atomic E-state index is 0.175. The first-order chi connectivity index (χ1) is 13.7. The fraction of sp³-hybridized carbons (Fsp3) is 0.263. The molecule has 0 aliphatic heterocycles. The smallest absolute Gasteiger partial charge is 0.236 e. The van der Waals surface area contributed by atoms with Crippen LogP contribution in [0.4, 0.5) is 5.82 Å². The van der Waals surface area contributed by atoms with Crippen LogP contribution in [0.25, 0.3) is 0 Å². The zero-order valence-corrected chi connectivity index (χ0v) is 16.9. The number of carbonyl (C=O) groups is 1. The second kappa shape index (κ2) is 10.2. The fourth-order valence-electron chi connectivity index (χ4n) is 2.50. The molecule has 9 heteroatoms. The zero-order valence-electron chi connectivity index (χ0n) is 15.3. The maximum Gasteiger partial charge on any atom is 0.236 e. The highest BCUT2D eigenvalue weighted by molar-refractivity contribution is 7.99. The fourth-order valence-corrected chi connectivity index (χ4v) is 3.40. The van der Waals surface area contributed by atoms with Crippen molar-refractivity contribution in [1.82, 2.24) is 19.7 Å². The van der Waals surface area contributed by atoms with Crippen molar-refractivity contribution in [3.8, 4) is 0 Å². The quantitative estimate of drug-likeness (QED) is 0.538. The Morgan fingerprint density at radius 1 is 1.21 bits per heavy atom. The van der Waals surface area contributed by atoms with Crippen molar-refractivity contribution in [1.29, 1.82) is 0 Å². The largest absolute Gasteiger partial charge is 0.383 e. The molecule has 2 aromatic heterocycles. The van der Waals surface area contributed by atoms with E-state index in [0.29, 0.717) is 35.6 Å². The first kappa shape index (κ1) is 20.3. The summed E-state index contributed by atoms with van der Waals surface area (Å²) in [7, 11) is 1.65. The normalized spacial score (nSPS) is 10.8. The highest BCUT2D eigenvalue weighted by Crippen LogP contribution is 2.19. The van der Waals surface area contributed by atoms with E-state index in [2.05, 4.69) is 32.6 Å². The number of pyridine rings is 1. The number of rotatable bonds is 9. The van der Waals surface area contributed by atoms with Crippen LogP contribution in [-0.2, 0) is 22.5 Å². The molecule has 3 rings (SSSR count). The third-order valence-electron chi connectivity index (χ3n) is 3.84. The molecular formula is C19H20ClN5O2S. The molecular weight excluding hydrogens is 398 g/mol. The lowest BCUT2D eigenvalue weighted by atomic mass is 10.1. The van der Waals surface area contributed by atoms with E-state index >= 15 is 0 Å². The monoisotopic (exact) mass is 417 g/mol. The van der Waals surface area contributed by atoms with E-state index in [-0.39, 0.29) is 11.7 Å². The van der Waals surface area contributed by atoms with Crippen LogP contribution < -0.4 is 5.32 Å². The van der Waals surface area contributed by atoms with E-state index in [1.165, 1.54) is 18.0 Å². The molecule has 3 aromatic rings. The molecule has 0 bridgehead atoms. The molecule has 146 valence electrons. The van der Waals surface area contributed by atoms with Crippen molar-refractivity contribution in [2.24, 2.45) is 0 Å². The van der Waals surface area contributed by atoms with Gasteiger partial charge in [0, 0.05) is 26.3 Å². The lowest BCUT2D eigenvalue weighted by Crippen LogP contribution is -2.16. The molecule has 1 N–H and O–H groups in total. The summed E-state index contributed by atoms with van der Waals surface area (Å²) in [6, 6.07) is 13.4. The van der Waals surface area contributed by atoms with Crippen LogP contribution in [0.2, 0.25) is 5.02 Å². The van der Waals surface area contributed by atoms with Gasteiger partial charge in [-0.3, -0.25) is 4.79 Å². The second-order valence-electron chi connectivity index (χ2n) is 5.90. The SMILES string of the molecule is COCCn1c(Cc2ccccc2)nnc1SCC(=O)Nc1ccc(Cl)cn1. The number of nitrogens with zero attached hydrogens (tertiary/aromatic N) is 4. The van der Waals surface area contributed by atoms with Crippen molar-refractivity contribution < 1.29 is 9.53 Å². The maximum atomic E-state index is 12.2. The van der Waals surface area contributed by atoms with Gasteiger partial charge in [0.25, 0.3) is 0 Å². The van der Waals surface area contributed by atoms with Gasteiger partial charge in [0.1, 0.15) is 11.6 Å². The van der Waals surface area contributed by atoms with E-state index in [4.69, 9.17) is 16.3 Å². The van der Waals surface area contributed by atoms with Crippen LogP contribution in [-0.4, -0.2) is 45.1 Å². The van der Waals surface area contributed by atoms with E-state index in [1.54, 1.807) is 19.2 Å². The third kappa shape index (κ3) is 5.79. The summed E-state index contributed by atoms with van der Waals surface area (Å²) in [5.74, 6) is 1.32. The number of anilines is 1. The molecule has 0 aliphatic carbocycles. The molecule has 0 fully saturated rings. The summed E-state index contributed by atoms with van der Waals surface area (Å²) in [5, 5.41) is 12.5. The topological polar surface area (TPSA) is 81.9 Å². The molecule has 2 heterocycles. The Balaban J connectivity index is 1.65. The van der Waals surface area contributed by atoms with Gasteiger partial charge in [-0.15, -0.1) is 10.2 Å². The number of carbonyl (C=O) groups excluding carboxylic acids is 1. The van der Waals surface area contributed by atoms with Crippen LogP contribution in [0.1, 0.15) is 11.4 Å². The Hall–Kier alpha value is -2.42. The maximum absolute atomic E-state index is 12.2. The molecule has 0 spiro atoms. The van der Waals surface area contributed by atoms with Gasteiger partial charge in [-0.2, -0.15) is 0 Å². The Morgan fingerprint density at radius 3 is 2.75 bits per heavy atom. The lowest BCUT2D eigenvalue weighted by molar-refractivity contribution is -0.113. The Labute approximate surface area is 172 Å². The Bertz CT molecular complexity index is 902. The number of hydrogen-bond acceptors (Lipinski definition) is 6. The summed E-state index contributed by atoms with van der Waals surface area (Å²) in [4.78, 5) is 16.3. The summed E-state index contributed by atoms with van der Waals surface area (Å²) < 4.78 is 7.20. The van der Waals surface area contributed by atoms with Crippen molar-refractivity contribution in [2.45, 2.75) is 18.1 Å². The molecule has 7 nitrogen and oxygen atoms in total. The average Bonchev–Trinajstić information content (AvgIpc) is 3.08. The van der Waals surface area contributed by atoms with Crippen LogP contribution in [0.15, 0.2) is 53.8 Å². The van der Waals surface area contributed by atoms with E-state index in [1.807, 2.05) is 22.8 Å². The molecule has 1 aromatic carbocycles. The van der Waals surface area contributed by atoms with Gasteiger partial charge in [-0.25, -0.2) is 4.98 Å². The van der Waals surface area contributed by atoms with E-state index < -0.39 is 0 Å². The number of methoxy groups -OCH3 is 1. The minimum atomic E-state index is -0.175. The Morgan fingerprint density at radius 2 is 2.04 bits per heavy atom. The van der Waals surface area contributed by atoms with Gasteiger partial charge in [-0.1, -0.05) is 53.7 Å². The predicted octanol–water partition coefficient (Wildman–Crippen LogP) is 3.29. The molecule has 0 saturated heterocycles. The predicted molar refractivity (Wildman–Crippen MR) is 110 cm³/mol. The number of halogens is 1. The first-order valence-electron chi connectivity index (χ1n) is 8.65. The van der Waals surface area contributed by atoms with Crippen molar-refractivity contribution in [2.75, 3.05) is 24.8 Å². The summed E-state index contributed by atoms with van der Waals surface area (Å²) in [6.07, 6.45) is 2.15. The Kier molecular flexibility index (Phi) is 7.41. The van der Waals surface area contributed by atoms with Crippen LogP contribution >= 0.6 is 23.4 Å². The van der Waals surface area contributed by atoms with E-state index in [9.17, 15) is 4.79 Å². The number of nitrogens with one attached hydrogen (secondary N) is 1. The third-order valence-corrected chi connectivity index (χ3v) is 5.04. The standard InChI is InChI=1S/C19H20ClN5O2S/c1-27-10-9-25-17(11-14-5-3-2-4-6-14)23-24-19(25)28-13-18(26)22-16-8-7-15(20)12-21-16/h2-8,12H,9-11,13H2,1H3,(H,21,22,26). The molecule has 0 atom stereocenters. The lowest BCUT2D eigenvalue weighted by Gasteiger charge is -2.10. The van der Waals surface area contributed by atoms with Gasteiger partial charge in [0.05, 0.1) is 17.4 Å². The van der Waals surface area contributed by atoms with Crippen LogP contribution in [0, 0.1) is 0 Å². The van der Waals surface area contributed by atoms with Gasteiger partial charge < -0.3 is 14.6 Å². The summed E-state index contributed by atoms with van der Waals surface area (Å²) in [6.45, 7) is 1.16. The number of thioether (sulfide) groups is 1. The number of aromatic nitrogens is 4. The molecule has 0 saturated carbocycles. The molecule has 28 heavy (non-hydrogen) atoms. The summed E-state index contributed by atoms with van der Waals surface area (Å²) >= 11 is 7.13. The number of amides is 1. The van der Waals surface area contributed by atoms with Gasteiger partial charge >= 0.3 is 0 Å². The van der Waals surface area contributed by atoms with Crippen molar-refractivity contribution in [3.63, 3.8) is 0 Å². The van der Waals surface area contributed by atoms with Gasteiger partial charge in [0.15, 0.2) is 5.16 Å². The second-order valence-corrected chi connectivity index (χ2v) is 7.28. The average molecular weight is 418 g/mol. The molecule has 0 radical (unpaired) electrons. The van der Waals surface area contributed by atoms with Crippen molar-refractivity contribution in [3.05, 3.63) is 65.1 Å². The van der Waals surface area contributed by atoms with Gasteiger partial charge in [0.2, 0.25) is 5.91 Å². The highest BCUT2D eigenvalue weighted by Gasteiger charge is 2.15. The van der Waals surface area contributed by atoms with Crippen LogP contribution in [0.3, 0.4) is 0 Å². The molecule has 0 unspecified atom stereocenters. The number of ether oxygens (including phenoxy) is 1. The molecule has 1 amide bonds. The zero-order chi connectivity index (χ0) is 19.8. The van der Waals surface area contributed by atoms with E-state index in [0.717, 1.165) is 11.4 Å². The van der Waals surface area contributed by atoms with Crippen LogP contribution in [0.5, 0.6) is 0 Å². The van der Waals surface area contributed by atoms with Gasteiger partial charge in [-0.05, 0) is 17.7 Å². The molecule has 0 aliphatic rings. The highest BCUT2D eigenvalue weighted by atomic mass is 35.5. The summed E-state index contributed by atoms with van der Waals surface area (Å²) in [5.41, 5.74) is 1.15. The minimum Gasteiger partial charge on any atom is -0.383 e.